The molecule has 0 fully saturated rings. The highest BCUT2D eigenvalue weighted by Gasteiger charge is 2.09. The van der Waals surface area contributed by atoms with Gasteiger partial charge in [0.15, 0.2) is 0 Å². The number of rotatable bonds is 5. The first-order valence-electron chi connectivity index (χ1n) is 8.03. The first-order chi connectivity index (χ1) is 12.1. The molecule has 0 bridgehead atoms. The summed E-state index contributed by atoms with van der Waals surface area (Å²) >= 11 is 0. The van der Waals surface area contributed by atoms with E-state index in [4.69, 9.17) is 4.42 Å². The van der Waals surface area contributed by atoms with Crippen LogP contribution in [0.15, 0.2) is 59.0 Å². The van der Waals surface area contributed by atoms with E-state index in [1.807, 2.05) is 36.4 Å². The molecule has 5 nitrogen and oxygen atoms in total. The van der Waals surface area contributed by atoms with Gasteiger partial charge in [0, 0.05) is 6.08 Å². The number of nitrogens with zero attached hydrogens (tertiary/aromatic N) is 2. The molecule has 5 heteroatoms. The number of carbonyl (C=O) groups excluding carboxylic acids is 1. The van der Waals surface area contributed by atoms with E-state index in [9.17, 15) is 4.79 Å². The van der Waals surface area contributed by atoms with Crippen molar-refractivity contribution in [2.24, 2.45) is 0 Å². The van der Waals surface area contributed by atoms with Crippen LogP contribution in [-0.2, 0) is 11.2 Å². The van der Waals surface area contributed by atoms with Crippen LogP contribution in [0.3, 0.4) is 0 Å². The minimum atomic E-state index is -0.315. The fourth-order valence-electron chi connectivity index (χ4n) is 2.35. The maximum absolute atomic E-state index is 11.9. The Hall–Kier alpha value is -3.21. The Morgan fingerprint density at radius 3 is 2.64 bits per heavy atom. The van der Waals surface area contributed by atoms with Crippen molar-refractivity contribution in [2.75, 3.05) is 5.32 Å². The zero-order valence-corrected chi connectivity index (χ0v) is 14.2. The average Bonchev–Trinajstić information content (AvgIpc) is 3.04. The van der Waals surface area contributed by atoms with E-state index in [0.717, 1.165) is 11.1 Å². The van der Waals surface area contributed by atoms with Crippen molar-refractivity contribution in [2.45, 2.75) is 20.3 Å². The van der Waals surface area contributed by atoms with E-state index in [1.54, 1.807) is 6.08 Å². The third kappa shape index (κ3) is 4.64. The Morgan fingerprint density at radius 1 is 1.08 bits per heavy atom. The van der Waals surface area contributed by atoms with Crippen LogP contribution in [0.4, 0.5) is 6.01 Å². The average molecular weight is 333 g/mol. The van der Waals surface area contributed by atoms with Crippen LogP contribution < -0.4 is 5.32 Å². The summed E-state index contributed by atoms with van der Waals surface area (Å²) in [4.78, 5) is 11.9. The van der Waals surface area contributed by atoms with Gasteiger partial charge in [0.2, 0.25) is 5.89 Å². The predicted octanol–water partition coefficient (Wildman–Crippen LogP) is 3.93. The Balaban J connectivity index is 1.60. The summed E-state index contributed by atoms with van der Waals surface area (Å²) in [5.74, 6) is 0.149. The van der Waals surface area contributed by atoms with Crippen LogP contribution in [0.1, 0.15) is 28.1 Å². The molecule has 0 radical (unpaired) electrons. The molecule has 0 unspecified atom stereocenters. The molecular formula is C20H19N3O2. The lowest BCUT2D eigenvalue weighted by Gasteiger charge is -2.02. The molecule has 25 heavy (non-hydrogen) atoms. The lowest BCUT2D eigenvalue weighted by atomic mass is 10.0. The van der Waals surface area contributed by atoms with Crippen molar-refractivity contribution in [3.63, 3.8) is 0 Å². The van der Waals surface area contributed by atoms with Crippen LogP contribution in [-0.4, -0.2) is 16.1 Å². The Bertz CT molecular complexity index is 898. The van der Waals surface area contributed by atoms with Crippen molar-refractivity contribution >= 4 is 18.0 Å². The molecule has 1 aromatic heterocycles. The highest BCUT2D eigenvalue weighted by atomic mass is 16.4. The molecule has 0 atom stereocenters. The van der Waals surface area contributed by atoms with Gasteiger partial charge in [-0.25, -0.2) is 0 Å². The van der Waals surface area contributed by atoms with Gasteiger partial charge >= 0.3 is 6.01 Å². The largest absolute Gasteiger partial charge is 0.407 e. The first-order valence-corrected chi connectivity index (χ1v) is 8.03. The Morgan fingerprint density at radius 2 is 1.88 bits per heavy atom. The summed E-state index contributed by atoms with van der Waals surface area (Å²) in [6, 6.07) is 15.9. The van der Waals surface area contributed by atoms with E-state index >= 15 is 0 Å². The van der Waals surface area contributed by atoms with Gasteiger partial charge in [-0.1, -0.05) is 53.6 Å². The highest BCUT2D eigenvalue weighted by molar-refractivity contribution is 6.00. The predicted molar refractivity (Wildman–Crippen MR) is 97.1 cm³/mol. The molecule has 2 aromatic carbocycles. The Kier molecular flexibility index (Phi) is 5.04. The molecule has 0 saturated heterocycles. The molecule has 0 aliphatic rings. The molecule has 3 aromatic rings. The van der Waals surface area contributed by atoms with Gasteiger partial charge in [-0.05, 0) is 42.2 Å². The lowest BCUT2D eigenvalue weighted by Crippen LogP contribution is -2.07. The highest BCUT2D eigenvalue weighted by Crippen LogP contribution is 2.15. The maximum atomic E-state index is 11.9. The SMILES string of the molecule is Cc1ccc(Cc2nnc(NC(=O)C=Cc3ccccc3)o2)cc1C. The number of amides is 1. The smallest absolute Gasteiger partial charge is 0.322 e. The molecule has 0 aliphatic heterocycles. The normalized spacial score (nSPS) is 11.0. The fourth-order valence-corrected chi connectivity index (χ4v) is 2.35. The summed E-state index contributed by atoms with van der Waals surface area (Å²) in [5.41, 5.74) is 4.50. The van der Waals surface area contributed by atoms with Gasteiger partial charge < -0.3 is 4.42 Å². The van der Waals surface area contributed by atoms with Crippen LogP contribution in [0.5, 0.6) is 0 Å². The number of carbonyl (C=O) groups is 1. The summed E-state index contributed by atoms with van der Waals surface area (Å²) < 4.78 is 5.49. The number of aromatic nitrogens is 2. The third-order valence-electron chi connectivity index (χ3n) is 3.85. The minimum Gasteiger partial charge on any atom is -0.407 e. The standard InChI is InChI=1S/C20H19N3O2/c1-14-8-9-17(12-15(14)2)13-19-22-23-20(25-19)21-18(24)11-10-16-6-4-3-5-7-16/h3-12H,13H2,1-2H3,(H,21,23,24). The van der Waals surface area contributed by atoms with Crippen molar-refractivity contribution in [1.29, 1.82) is 0 Å². The maximum Gasteiger partial charge on any atom is 0.322 e. The topological polar surface area (TPSA) is 68.0 Å². The number of benzene rings is 2. The van der Waals surface area contributed by atoms with Crippen molar-refractivity contribution in [3.8, 4) is 0 Å². The van der Waals surface area contributed by atoms with Gasteiger partial charge in [0.05, 0.1) is 6.42 Å². The monoisotopic (exact) mass is 333 g/mol. The zero-order valence-electron chi connectivity index (χ0n) is 14.2. The molecule has 1 N–H and O–H groups in total. The van der Waals surface area contributed by atoms with Crippen molar-refractivity contribution in [3.05, 3.63) is 82.8 Å². The van der Waals surface area contributed by atoms with Crippen LogP contribution in [0.2, 0.25) is 0 Å². The lowest BCUT2D eigenvalue weighted by molar-refractivity contribution is -0.112. The summed E-state index contributed by atoms with van der Waals surface area (Å²) in [6.45, 7) is 4.14. The fraction of sp³-hybridized carbons (Fsp3) is 0.150. The molecule has 1 amide bonds. The van der Waals surface area contributed by atoms with Crippen LogP contribution in [0, 0.1) is 13.8 Å². The van der Waals surface area contributed by atoms with E-state index in [-0.39, 0.29) is 11.9 Å². The number of anilines is 1. The molecule has 1 heterocycles. The molecule has 0 saturated carbocycles. The second-order valence-electron chi connectivity index (χ2n) is 5.83. The van der Waals surface area contributed by atoms with Gasteiger partial charge in [-0.2, -0.15) is 0 Å². The molecule has 0 spiro atoms. The quantitative estimate of drug-likeness (QED) is 0.718. The van der Waals surface area contributed by atoms with Gasteiger partial charge in [-0.3, -0.25) is 10.1 Å². The second kappa shape index (κ2) is 7.57. The number of aryl methyl sites for hydroxylation is 2. The van der Waals surface area contributed by atoms with Crippen molar-refractivity contribution in [1.82, 2.24) is 10.2 Å². The second-order valence-corrected chi connectivity index (χ2v) is 5.83. The first kappa shape index (κ1) is 16.6. The van der Waals surface area contributed by atoms with E-state index in [1.165, 1.54) is 17.2 Å². The number of nitrogens with one attached hydrogen (secondary N) is 1. The Labute approximate surface area is 146 Å². The molecule has 126 valence electrons. The summed E-state index contributed by atoms with van der Waals surface area (Å²) in [7, 11) is 0. The van der Waals surface area contributed by atoms with E-state index < -0.39 is 0 Å². The van der Waals surface area contributed by atoms with Gasteiger partial charge in [0.25, 0.3) is 5.91 Å². The molecule has 3 rings (SSSR count). The van der Waals surface area contributed by atoms with Gasteiger partial charge in [0.1, 0.15) is 0 Å². The number of hydrogen-bond acceptors (Lipinski definition) is 4. The summed E-state index contributed by atoms with van der Waals surface area (Å²) in [5, 5.41) is 10.4. The van der Waals surface area contributed by atoms with Gasteiger partial charge in [-0.15, -0.1) is 5.10 Å². The third-order valence-corrected chi connectivity index (χ3v) is 3.85. The zero-order chi connectivity index (χ0) is 17.6. The van der Waals surface area contributed by atoms with E-state index in [2.05, 4.69) is 41.5 Å². The van der Waals surface area contributed by atoms with Crippen LogP contribution in [0.25, 0.3) is 6.08 Å². The molecular weight excluding hydrogens is 314 g/mol. The molecule has 0 aliphatic carbocycles. The van der Waals surface area contributed by atoms with Crippen molar-refractivity contribution < 1.29 is 9.21 Å². The van der Waals surface area contributed by atoms with E-state index in [0.29, 0.717) is 12.3 Å². The summed E-state index contributed by atoms with van der Waals surface area (Å²) in [6.07, 6.45) is 3.69. The van der Waals surface area contributed by atoms with Crippen LogP contribution >= 0.6 is 0 Å². The number of hydrogen-bond donors (Lipinski definition) is 1. The minimum absolute atomic E-state index is 0.0987.